The summed E-state index contributed by atoms with van der Waals surface area (Å²) >= 11 is 6.90. The van der Waals surface area contributed by atoms with Gasteiger partial charge in [-0.15, -0.1) is 5.10 Å². The third-order valence-corrected chi connectivity index (χ3v) is 7.02. The maximum Gasteiger partial charge on any atom is 0.219 e. The molecule has 4 heterocycles. The first-order valence-electron chi connectivity index (χ1n) is 11.3. The Morgan fingerprint density at radius 3 is 2.60 bits per heavy atom. The fourth-order valence-electron chi connectivity index (χ4n) is 4.76. The van der Waals surface area contributed by atoms with Gasteiger partial charge in [0.15, 0.2) is 5.60 Å². The number of aliphatic hydroxyl groups is 1. The number of aromatic nitrogens is 5. The zero-order chi connectivity index (χ0) is 24.9. The number of alkyl halides is 1. The second-order valence-corrected chi connectivity index (χ2v) is 9.35. The SMILES string of the molecule is COc1nc2ccc(C(O)(c3ccc(C)nc3C)c3cnnn3C)cc2c(Cl)c1CN1CC(F)C1. The Morgan fingerprint density at radius 2 is 1.97 bits per heavy atom. The standard InChI is InChI=1S/C25H26ClFN6O2/c1-14-5-7-20(15(2)29-14)25(34,22-10-28-31-32(22)3)16-6-8-21-18(9-16)23(26)19(24(30-21)35-4)13-33-11-17(27)12-33/h5-10,17,34H,11-13H2,1-4H3. The van der Waals surface area contributed by atoms with E-state index in [-0.39, 0.29) is 0 Å². The molecule has 1 fully saturated rings. The molecule has 1 N–H and O–H groups in total. The third kappa shape index (κ3) is 3.93. The molecule has 0 bridgehead atoms. The highest BCUT2D eigenvalue weighted by molar-refractivity contribution is 6.36. The van der Waals surface area contributed by atoms with Gasteiger partial charge in [-0.1, -0.05) is 28.9 Å². The van der Waals surface area contributed by atoms with Gasteiger partial charge < -0.3 is 9.84 Å². The van der Waals surface area contributed by atoms with Gasteiger partial charge in [-0.2, -0.15) is 0 Å². The highest BCUT2D eigenvalue weighted by atomic mass is 35.5. The minimum absolute atomic E-state index is 0.352. The molecule has 0 spiro atoms. The molecule has 1 atom stereocenters. The number of aryl methyl sites for hydroxylation is 3. The van der Waals surface area contributed by atoms with Gasteiger partial charge in [0.05, 0.1) is 29.5 Å². The van der Waals surface area contributed by atoms with Crippen LogP contribution in [0.3, 0.4) is 0 Å². The Kier molecular flexibility index (Phi) is 5.94. The number of methoxy groups -OCH3 is 1. The van der Waals surface area contributed by atoms with E-state index in [0.717, 1.165) is 5.69 Å². The number of ether oxygens (including phenoxy) is 1. The Labute approximate surface area is 207 Å². The van der Waals surface area contributed by atoms with E-state index in [0.29, 0.717) is 69.5 Å². The monoisotopic (exact) mass is 496 g/mol. The molecule has 5 rings (SSSR count). The van der Waals surface area contributed by atoms with Crippen molar-refractivity contribution in [3.05, 3.63) is 75.3 Å². The summed E-state index contributed by atoms with van der Waals surface area (Å²) in [7, 11) is 3.27. The smallest absolute Gasteiger partial charge is 0.219 e. The first kappa shape index (κ1) is 23.6. The summed E-state index contributed by atoms with van der Waals surface area (Å²) in [5, 5.41) is 21.5. The maximum absolute atomic E-state index is 13.4. The third-order valence-electron chi connectivity index (χ3n) is 6.58. The van der Waals surface area contributed by atoms with Gasteiger partial charge in [-0.25, -0.2) is 14.1 Å². The van der Waals surface area contributed by atoms with Crippen LogP contribution in [0.15, 0.2) is 36.5 Å². The van der Waals surface area contributed by atoms with E-state index in [1.165, 1.54) is 7.11 Å². The Morgan fingerprint density at radius 1 is 1.20 bits per heavy atom. The highest BCUT2D eigenvalue weighted by Gasteiger charge is 2.39. The average Bonchev–Trinajstić information content (AvgIpc) is 3.25. The zero-order valence-electron chi connectivity index (χ0n) is 20.0. The summed E-state index contributed by atoms with van der Waals surface area (Å²) in [5.41, 5.74) is 2.91. The maximum atomic E-state index is 13.4. The number of nitrogens with zero attached hydrogens (tertiary/aromatic N) is 6. The highest BCUT2D eigenvalue weighted by Crippen LogP contribution is 2.41. The number of hydrogen-bond acceptors (Lipinski definition) is 7. The van der Waals surface area contributed by atoms with E-state index in [1.54, 1.807) is 30.1 Å². The summed E-state index contributed by atoms with van der Waals surface area (Å²) in [6.07, 6.45) is 0.716. The normalized spacial score (nSPS) is 16.3. The minimum atomic E-state index is -1.60. The van der Waals surface area contributed by atoms with Gasteiger partial charge in [0.25, 0.3) is 0 Å². The van der Waals surface area contributed by atoms with E-state index in [4.69, 9.17) is 16.3 Å². The van der Waals surface area contributed by atoms with Gasteiger partial charge in [-0.05, 0) is 37.6 Å². The fraction of sp³-hybridized carbons (Fsp3) is 0.360. The summed E-state index contributed by atoms with van der Waals surface area (Å²) in [6.45, 7) is 4.89. The van der Waals surface area contributed by atoms with Crippen LogP contribution in [-0.4, -0.2) is 61.3 Å². The lowest BCUT2D eigenvalue weighted by Gasteiger charge is -2.34. The van der Waals surface area contributed by atoms with Crippen LogP contribution in [0.25, 0.3) is 10.9 Å². The Balaban J connectivity index is 1.71. The number of hydrogen-bond donors (Lipinski definition) is 1. The molecule has 1 aliphatic rings. The summed E-state index contributed by atoms with van der Waals surface area (Å²) in [4.78, 5) is 11.2. The van der Waals surface area contributed by atoms with Crippen LogP contribution in [0.4, 0.5) is 4.39 Å². The van der Waals surface area contributed by atoms with Gasteiger partial charge in [0.2, 0.25) is 5.88 Å². The second-order valence-electron chi connectivity index (χ2n) is 8.98. The molecule has 10 heteroatoms. The number of fused-ring (bicyclic) bond motifs is 1. The lowest BCUT2D eigenvalue weighted by Crippen LogP contribution is -2.47. The lowest BCUT2D eigenvalue weighted by molar-refractivity contribution is 0.0583. The van der Waals surface area contributed by atoms with E-state index < -0.39 is 11.8 Å². The molecule has 1 aliphatic heterocycles. The lowest BCUT2D eigenvalue weighted by atomic mass is 9.82. The minimum Gasteiger partial charge on any atom is -0.481 e. The van der Waals surface area contributed by atoms with Crippen LogP contribution < -0.4 is 4.74 Å². The van der Waals surface area contributed by atoms with Crippen molar-refractivity contribution in [2.24, 2.45) is 7.05 Å². The number of benzene rings is 1. The molecule has 182 valence electrons. The second kappa shape index (κ2) is 8.82. The molecule has 35 heavy (non-hydrogen) atoms. The van der Waals surface area contributed by atoms with Crippen LogP contribution >= 0.6 is 11.6 Å². The predicted octanol–water partition coefficient (Wildman–Crippen LogP) is 3.48. The summed E-state index contributed by atoms with van der Waals surface area (Å²) in [5.74, 6) is 0.405. The number of rotatable bonds is 6. The van der Waals surface area contributed by atoms with Crippen LogP contribution in [0.2, 0.25) is 5.02 Å². The van der Waals surface area contributed by atoms with Crippen molar-refractivity contribution in [1.82, 2.24) is 29.9 Å². The van der Waals surface area contributed by atoms with E-state index in [1.807, 2.05) is 36.9 Å². The quantitative estimate of drug-likeness (QED) is 0.437. The number of likely N-dealkylation sites (tertiary alicyclic amines) is 1. The van der Waals surface area contributed by atoms with Crippen molar-refractivity contribution in [3.8, 4) is 5.88 Å². The van der Waals surface area contributed by atoms with E-state index in [9.17, 15) is 9.50 Å². The van der Waals surface area contributed by atoms with Crippen LogP contribution in [0.5, 0.6) is 5.88 Å². The van der Waals surface area contributed by atoms with Gasteiger partial charge in [-0.3, -0.25) is 9.88 Å². The topological polar surface area (TPSA) is 89.2 Å². The number of halogens is 2. The fourth-order valence-corrected chi connectivity index (χ4v) is 5.05. The van der Waals surface area contributed by atoms with Crippen molar-refractivity contribution < 1.29 is 14.2 Å². The largest absolute Gasteiger partial charge is 0.481 e. The van der Waals surface area contributed by atoms with Gasteiger partial charge in [0, 0.05) is 54.6 Å². The predicted molar refractivity (Wildman–Crippen MR) is 130 cm³/mol. The Bertz CT molecular complexity index is 1420. The molecular formula is C25H26ClFN6O2. The molecule has 0 aliphatic carbocycles. The van der Waals surface area contributed by atoms with E-state index >= 15 is 0 Å². The zero-order valence-corrected chi connectivity index (χ0v) is 20.7. The molecule has 0 saturated carbocycles. The van der Waals surface area contributed by atoms with Crippen molar-refractivity contribution >= 4 is 22.5 Å². The summed E-state index contributed by atoms with van der Waals surface area (Å²) in [6, 6.07) is 9.16. The number of pyridine rings is 2. The molecule has 0 amide bonds. The molecule has 3 aromatic heterocycles. The van der Waals surface area contributed by atoms with Crippen molar-refractivity contribution in [2.75, 3.05) is 20.2 Å². The van der Waals surface area contributed by atoms with Crippen LogP contribution in [0, 0.1) is 13.8 Å². The van der Waals surface area contributed by atoms with Crippen molar-refractivity contribution in [1.29, 1.82) is 0 Å². The van der Waals surface area contributed by atoms with Gasteiger partial charge >= 0.3 is 0 Å². The first-order valence-corrected chi connectivity index (χ1v) is 11.7. The Hall–Kier alpha value is -3.14. The van der Waals surface area contributed by atoms with Gasteiger partial charge in [0.1, 0.15) is 6.17 Å². The summed E-state index contributed by atoms with van der Waals surface area (Å²) < 4.78 is 20.5. The van der Waals surface area contributed by atoms with Crippen LogP contribution in [0.1, 0.15) is 33.8 Å². The molecule has 0 radical (unpaired) electrons. The first-order chi connectivity index (χ1) is 16.7. The van der Waals surface area contributed by atoms with Crippen molar-refractivity contribution in [3.63, 3.8) is 0 Å². The average molecular weight is 497 g/mol. The molecule has 4 aromatic rings. The molecule has 1 saturated heterocycles. The molecular weight excluding hydrogens is 471 g/mol. The molecule has 8 nitrogen and oxygen atoms in total. The van der Waals surface area contributed by atoms with Crippen molar-refractivity contribution in [2.45, 2.75) is 32.2 Å². The van der Waals surface area contributed by atoms with Crippen LogP contribution in [-0.2, 0) is 19.2 Å². The molecule has 1 aromatic carbocycles. The van der Waals surface area contributed by atoms with E-state index in [2.05, 4.69) is 20.3 Å². The molecule has 1 unspecified atom stereocenters.